The number of benzene rings is 1. The molecule has 1 aliphatic rings. The molecule has 0 amide bonds. The molecular formula is C15H23NO2. The lowest BCUT2D eigenvalue weighted by Gasteiger charge is -2.23. The molecule has 0 fully saturated rings. The normalized spacial score (nSPS) is 20.1. The predicted octanol–water partition coefficient (Wildman–Crippen LogP) is 2.38. The highest BCUT2D eigenvalue weighted by atomic mass is 16.3. The Morgan fingerprint density at radius 3 is 2.83 bits per heavy atom. The van der Waals surface area contributed by atoms with Crippen LogP contribution in [0.25, 0.3) is 0 Å². The van der Waals surface area contributed by atoms with E-state index in [-0.39, 0.29) is 12.6 Å². The van der Waals surface area contributed by atoms with E-state index >= 15 is 0 Å². The molecule has 1 aromatic rings. The van der Waals surface area contributed by atoms with Gasteiger partial charge in [-0.15, -0.1) is 0 Å². The molecule has 3 heteroatoms. The minimum atomic E-state index is 0.162. The van der Waals surface area contributed by atoms with Gasteiger partial charge in [-0.05, 0) is 48.4 Å². The Hall–Kier alpha value is -1.06. The van der Waals surface area contributed by atoms with Crippen LogP contribution in [-0.2, 0) is 6.42 Å². The summed E-state index contributed by atoms with van der Waals surface area (Å²) in [7, 11) is 0. The van der Waals surface area contributed by atoms with E-state index in [0.717, 1.165) is 19.3 Å². The van der Waals surface area contributed by atoms with Gasteiger partial charge in [0.05, 0.1) is 6.61 Å². The number of hydrogen-bond donors (Lipinski definition) is 3. The Kier molecular flexibility index (Phi) is 4.25. The minimum absolute atomic E-state index is 0.162. The minimum Gasteiger partial charge on any atom is -0.508 e. The SMILES string of the molecule is CC(C)CC(CO)NC1CCc2cc(O)ccc21. The average Bonchev–Trinajstić information content (AvgIpc) is 2.70. The quantitative estimate of drug-likeness (QED) is 0.751. The summed E-state index contributed by atoms with van der Waals surface area (Å²) in [5.41, 5.74) is 2.50. The number of aryl methyl sites for hydroxylation is 1. The van der Waals surface area contributed by atoms with Gasteiger partial charge in [0.1, 0.15) is 5.75 Å². The molecule has 0 aromatic heterocycles. The summed E-state index contributed by atoms with van der Waals surface area (Å²) in [4.78, 5) is 0. The van der Waals surface area contributed by atoms with Gasteiger partial charge in [0.2, 0.25) is 0 Å². The molecular weight excluding hydrogens is 226 g/mol. The molecule has 100 valence electrons. The lowest BCUT2D eigenvalue weighted by Crippen LogP contribution is -2.36. The van der Waals surface area contributed by atoms with E-state index < -0.39 is 0 Å². The first kappa shape index (κ1) is 13.4. The largest absolute Gasteiger partial charge is 0.508 e. The van der Waals surface area contributed by atoms with E-state index in [1.807, 2.05) is 12.1 Å². The maximum atomic E-state index is 9.47. The molecule has 0 saturated heterocycles. The molecule has 0 aliphatic heterocycles. The molecule has 0 heterocycles. The van der Waals surface area contributed by atoms with Gasteiger partial charge < -0.3 is 15.5 Å². The average molecular weight is 249 g/mol. The van der Waals surface area contributed by atoms with E-state index in [1.54, 1.807) is 6.07 Å². The summed E-state index contributed by atoms with van der Waals surface area (Å²) in [6.07, 6.45) is 3.04. The van der Waals surface area contributed by atoms with Crippen LogP contribution in [0.5, 0.6) is 5.75 Å². The molecule has 2 atom stereocenters. The summed E-state index contributed by atoms with van der Waals surface area (Å²) in [5, 5.41) is 22.4. The summed E-state index contributed by atoms with van der Waals surface area (Å²) in [5.74, 6) is 0.922. The van der Waals surface area contributed by atoms with Crippen molar-refractivity contribution in [1.82, 2.24) is 5.32 Å². The number of nitrogens with one attached hydrogen (secondary N) is 1. The lowest BCUT2D eigenvalue weighted by atomic mass is 10.0. The fraction of sp³-hybridized carbons (Fsp3) is 0.600. The topological polar surface area (TPSA) is 52.5 Å². The Balaban J connectivity index is 2.04. The van der Waals surface area contributed by atoms with Crippen LogP contribution in [0.1, 0.15) is 43.9 Å². The maximum Gasteiger partial charge on any atom is 0.115 e. The lowest BCUT2D eigenvalue weighted by molar-refractivity contribution is 0.212. The van der Waals surface area contributed by atoms with Crippen LogP contribution in [0.4, 0.5) is 0 Å². The first-order valence-corrected chi connectivity index (χ1v) is 6.79. The van der Waals surface area contributed by atoms with E-state index in [0.29, 0.717) is 17.7 Å². The maximum absolute atomic E-state index is 9.47. The Morgan fingerprint density at radius 1 is 1.39 bits per heavy atom. The van der Waals surface area contributed by atoms with E-state index in [2.05, 4.69) is 19.2 Å². The third kappa shape index (κ3) is 3.03. The van der Waals surface area contributed by atoms with Gasteiger partial charge in [-0.25, -0.2) is 0 Å². The zero-order chi connectivity index (χ0) is 13.1. The second kappa shape index (κ2) is 5.72. The second-order valence-corrected chi connectivity index (χ2v) is 5.65. The standard InChI is InChI=1S/C15H23NO2/c1-10(2)7-12(9-17)16-15-6-3-11-8-13(18)4-5-14(11)15/h4-5,8,10,12,15-18H,3,6-7,9H2,1-2H3. The van der Waals surface area contributed by atoms with Crippen molar-refractivity contribution in [3.8, 4) is 5.75 Å². The van der Waals surface area contributed by atoms with Crippen molar-refractivity contribution >= 4 is 0 Å². The highest BCUT2D eigenvalue weighted by Crippen LogP contribution is 2.33. The van der Waals surface area contributed by atoms with Crippen molar-refractivity contribution in [1.29, 1.82) is 0 Å². The molecule has 0 radical (unpaired) electrons. The molecule has 1 aliphatic carbocycles. The van der Waals surface area contributed by atoms with Crippen molar-refractivity contribution < 1.29 is 10.2 Å². The molecule has 18 heavy (non-hydrogen) atoms. The Labute approximate surface area is 109 Å². The predicted molar refractivity (Wildman–Crippen MR) is 72.6 cm³/mol. The monoisotopic (exact) mass is 249 g/mol. The summed E-state index contributed by atoms with van der Waals surface area (Å²) in [6.45, 7) is 4.53. The summed E-state index contributed by atoms with van der Waals surface area (Å²) in [6, 6.07) is 6.08. The second-order valence-electron chi connectivity index (χ2n) is 5.65. The first-order chi connectivity index (χ1) is 8.60. The van der Waals surface area contributed by atoms with Crippen molar-refractivity contribution in [2.45, 2.75) is 45.2 Å². The zero-order valence-corrected chi connectivity index (χ0v) is 11.2. The van der Waals surface area contributed by atoms with Crippen LogP contribution in [0, 0.1) is 5.92 Å². The number of phenols is 1. The Morgan fingerprint density at radius 2 is 2.17 bits per heavy atom. The van der Waals surface area contributed by atoms with E-state index in [4.69, 9.17) is 0 Å². The highest BCUT2D eigenvalue weighted by Gasteiger charge is 2.24. The van der Waals surface area contributed by atoms with Crippen LogP contribution in [0.3, 0.4) is 0 Å². The molecule has 3 nitrogen and oxygen atoms in total. The molecule has 0 spiro atoms. The van der Waals surface area contributed by atoms with Crippen molar-refractivity contribution in [2.75, 3.05) is 6.61 Å². The van der Waals surface area contributed by atoms with Gasteiger partial charge in [-0.1, -0.05) is 19.9 Å². The van der Waals surface area contributed by atoms with Gasteiger partial charge in [0, 0.05) is 12.1 Å². The molecule has 0 bridgehead atoms. The fourth-order valence-corrected chi connectivity index (χ4v) is 2.83. The summed E-state index contributed by atoms with van der Waals surface area (Å²) >= 11 is 0. The third-order valence-corrected chi connectivity index (χ3v) is 3.62. The van der Waals surface area contributed by atoms with E-state index in [1.165, 1.54) is 11.1 Å². The van der Waals surface area contributed by atoms with Gasteiger partial charge >= 0.3 is 0 Å². The molecule has 0 saturated carbocycles. The molecule has 1 aromatic carbocycles. The zero-order valence-electron chi connectivity index (χ0n) is 11.2. The number of rotatable bonds is 5. The first-order valence-electron chi connectivity index (χ1n) is 6.79. The van der Waals surface area contributed by atoms with E-state index in [9.17, 15) is 10.2 Å². The summed E-state index contributed by atoms with van der Waals surface area (Å²) < 4.78 is 0. The van der Waals surface area contributed by atoms with Crippen LogP contribution >= 0.6 is 0 Å². The number of aliphatic hydroxyl groups excluding tert-OH is 1. The van der Waals surface area contributed by atoms with Crippen LogP contribution in [-0.4, -0.2) is 22.9 Å². The molecule has 2 rings (SSSR count). The van der Waals surface area contributed by atoms with Crippen molar-refractivity contribution in [2.24, 2.45) is 5.92 Å². The molecule has 2 unspecified atom stereocenters. The fourth-order valence-electron chi connectivity index (χ4n) is 2.83. The highest BCUT2D eigenvalue weighted by molar-refractivity contribution is 5.40. The smallest absolute Gasteiger partial charge is 0.115 e. The third-order valence-electron chi connectivity index (χ3n) is 3.62. The Bertz CT molecular complexity index is 403. The molecule has 3 N–H and O–H groups in total. The van der Waals surface area contributed by atoms with Gasteiger partial charge in [0.15, 0.2) is 0 Å². The number of aromatic hydroxyl groups is 1. The number of fused-ring (bicyclic) bond motifs is 1. The van der Waals surface area contributed by atoms with Crippen LogP contribution in [0.2, 0.25) is 0 Å². The van der Waals surface area contributed by atoms with Gasteiger partial charge in [-0.3, -0.25) is 0 Å². The van der Waals surface area contributed by atoms with Crippen molar-refractivity contribution in [3.63, 3.8) is 0 Å². The van der Waals surface area contributed by atoms with Gasteiger partial charge in [-0.2, -0.15) is 0 Å². The van der Waals surface area contributed by atoms with Gasteiger partial charge in [0.25, 0.3) is 0 Å². The van der Waals surface area contributed by atoms with Crippen LogP contribution < -0.4 is 5.32 Å². The number of hydrogen-bond acceptors (Lipinski definition) is 3. The van der Waals surface area contributed by atoms with Crippen LogP contribution in [0.15, 0.2) is 18.2 Å². The number of aliphatic hydroxyl groups is 1. The van der Waals surface area contributed by atoms with Crippen molar-refractivity contribution in [3.05, 3.63) is 29.3 Å². The number of phenolic OH excluding ortho intramolecular Hbond substituents is 1.